The molecule has 0 amide bonds. The maximum atomic E-state index is 12.3. The zero-order valence-corrected chi connectivity index (χ0v) is 15.5. The molecule has 3 atom stereocenters. The van der Waals surface area contributed by atoms with E-state index in [9.17, 15) is 9.59 Å². The average molecular weight is 374 g/mol. The molecule has 0 saturated heterocycles. The summed E-state index contributed by atoms with van der Waals surface area (Å²) in [6, 6.07) is 6.69. The van der Waals surface area contributed by atoms with Crippen LogP contribution in [0.25, 0.3) is 0 Å². The van der Waals surface area contributed by atoms with E-state index in [1.807, 2.05) is 6.08 Å². The van der Waals surface area contributed by atoms with Crippen LogP contribution in [0.3, 0.4) is 0 Å². The van der Waals surface area contributed by atoms with Crippen molar-refractivity contribution in [3.8, 4) is 5.75 Å². The molecule has 0 spiro atoms. The molecule has 0 saturated carbocycles. The van der Waals surface area contributed by atoms with Gasteiger partial charge in [-0.25, -0.2) is 9.59 Å². The fraction of sp³-hybridized carbons (Fsp3) is 0.400. The van der Waals surface area contributed by atoms with Crippen molar-refractivity contribution in [2.45, 2.75) is 12.7 Å². The van der Waals surface area contributed by atoms with E-state index in [0.29, 0.717) is 23.3 Å². The van der Waals surface area contributed by atoms with Crippen LogP contribution in [0.2, 0.25) is 0 Å². The molecule has 0 N–H and O–H groups in total. The molecule has 0 aromatic heterocycles. The molecule has 1 aromatic rings. The summed E-state index contributed by atoms with van der Waals surface area (Å²) in [7, 11) is 4.43. The van der Waals surface area contributed by atoms with E-state index >= 15 is 0 Å². The van der Waals surface area contributed by atoms with Crippen LogP contribution in [0.15, 0.2) is 47.7 Å². The third-order valence-electron chi connectivity index (χ3n) is 4.87. The van der Waals surface area contributed by atoms with Gasteiger partial charge in [-0.2, -0.15) is 0 Å². The van der Waals surface area contributed by atoms with Gasteiger partial charge in [0.25, 0.3) is 0 Å². The Morgan fingerprint density at radius 3 is 2.48 bits per heavy atom. The predicted octanol–water partition coefficient (Wildman–Crippen LogP) is 2.47. The predicted molar refractivity (Wildman–Crippen MR) is 94.9 cm³/mol. The highest BCUT2D eigenvalue weighted by Gasteiger charge is 2.44. The standard InChI is InChI=1S/C20H22O7/c1-23-14-7-4-12(5-8-14)18(21)26-10-13-6-9-15-16(19(22)24-2)11-27-20(25-3)17(13)15/h4-8,11,15,17,20H,9-10H2,1-3H3/t15-,17-,20-/m1/s1. The first-order valence-electron chi connectivity index (χ1n) is 8.55. The van der Waals surface area contributed by atoms with Crippen molar-refractivity contribution in [2.24, 2.45) is 11.8 Å². The maximum Gasteiger partial charge on any atom is 0.338 e. The molecule has 2 aliphatic rings. The molecular formula is C20H22O7. The second kappa shape index (κ2) is 8.26. The Bertz CT molecular complexity index is 763. The highest BCUT2D eigenvalue weighted by Crippen LogP contribution is 2.43. The lowest BCUT2D eigenvalue weighted by Crippen LogP contribution is -2.37. The highest BCUT2D eigenvalue weighted by molar-refractivity contribution is 5.90. The Kier molecular flexibility index (Phi) is 5.81. The van der Waals surface area contributed by atoms with Gasteiger partial charge in [-0.3, -0.25) is 0 Å². The third-order valence-corrected chi connectivity index (χ3v) is 4.87. The number of rotatable bonds is 6. The number of methoxy groups -OCH3 is 3. The van der Waals surface area contributed by atoms with Crippen LogP contribution in [0.4, 0.5) is 0 Å². The van der Waals surface area contributed by atoms with Gasteiger partial charge < -0.3 is 23.7 Å². The maximum absolute atomic E-state index is 12.3. The molecule has 7 heteroatoms. The van der Waals surface area contributed by atoms with Crippen LogP contribution in [0, 0.1) is 11.8 Å². The zero-order valence-electron chi connectivity index (χ0n) is 15.5. The quantitative estimate of drug-likeness (QED) is 0.559. The van der Waals surface area contributed by atoms with Crippen LogP contribution in [-0.2, 0) is 23.7 Å². The lowest BCUT2D eigenvalue weighted by molar-refractivity contribution is -0.146. The summed E-state index contributed by atoms with van der Waals surface area (Å²) in [5.41, 5.74) is 1.76. The highest BCUT2D eigenvalue weighted by atomic mass is 16.7. The molecule has 3 rings (SSSR count). The number of carbonyl (C=O) groups excluding carboxylic acids is 2. The third kappa shape index (κ3) is 3.83. The number of ether oxygens (including phenoxy) is 5. The molecule has 7 nitrogen and oxygen atoms in total. The molecule has 1 aliphatic heterocycles. The molecule has 144 valence electrons. The Morgan fingerprint density at radius 2 is 1.85 bits per heavy atom. The van der Waals surface area contributed by atoms with Gasteiger partial charge in [-0.1, -0.05) is 6.08 Å². The van der Waals surface area contributed by atoms with E-state index in [0.717, 1.165) is 5.57 Å². The van der Waals surface area contributed by atoms with Crippen LogP contribution in [0.5, 0.6) is 5.75 Å². The zero-order chi connectivity index (χ0) is 19.4. The molecule has 0 fully saturated rings. The summed E-state index contributed by atoms with van der Waals surface area (Å²) < 4.78 is 26.3. The lowest BCUT2D eigenvalue weighted by atomic mass is 9.83. The van der Waals surface area contributed by atoms with Gasteiger partial charge >= 0.3 is 11.9 Å². The first-order chi connectivity index (χ1) is 13.1. The monoisotopic (exact) mass is 374 g/mol. The first kappa shape index (κ1) is 19.0. The Balaban J connectivity index is 1.67. The van der Waals surface area contributed by atoms with Crippen molar-refractivity contribution in [2.75, 3.05) is 27.9 Å². The smallest absolute Gasteiger partial charge is 0.338 e. The number of benzene rings is 1. The minimum absolute atomic E-state index is 0.101. The van der Waals surface area contributed by atoms with Gasteiger partial charge in [0.1, 0.15) is 12.4 Å². The number of carbonyl (C=O) groups is 2. The number of hydrogen-bond acceptors (Lipinski definition) is 7. The van der Waals surface area contributed by atoms with E-state index in [1.165, 1.54) is 20.5 Å². The van der Waals surface area contributed by atoms with Crippen LogP contribution < -0.4 is 4.74 Å². The molecule has 27 heavy (non-hydrogen) atoms. The van der Waals surface area contributed by atoms with Crippen LogP contribution >= 0.6 is 0 Å². The number of allylic oxidation sites excluding steroid dienone is 1. The second-order valence-electron chi connectivity index (χ2n) is 6.26. The Labute approximate surface area is 157 Å². The molecule has 1 heterocycles. The largest absolute Gasteiger partial charge is 0.497 e. The fourth-order valence-electron chi connectivity index (χ4n) is 3.45. The van der Waals surface area contributed by atoms with Gasteiger partial charge in [-0.05, 0) is 36.3 Å². The molecule has 1 aliphatic carbocycles. The van der Waals surface area contributed by atoms with Crippen molar-refractivity contribution in [1.29, 1.82) is 0 Å². The van der Waals surface area contributed by atoms with E-state index in [2.05, 4.69) is 0 Å². The van der Waals surface area contributed by atoms with Crippen LogP contribution in [0.1, 0.15) is 16.8 Å². The Hall–Kier alpha value is -2.80. The van der Waals surface area contributed by atoms with E-state index in [4.69, 9.17) is 23.7 Å². The summed E-state index contributed by atoms with van der Waals surface area (Å²) in [6.07, 6.45) is 3.46. The second-order valence-corrected chi connectivity index (χ2v) is 6.26. The Morgan fingerprint density at radius 1 is 1.11 bits per heavy atom. The van der Waals surface area contributed by atoms with Crippen molar-refractivity contribution in [3.05, 3.63) is 53.3 Å². The molecule has 1 aromatic carbocycles. The van der Waals surface area contributed by atoms with Crippen molar-refractivity contribution in [1.82, 2.24) is 0 Å². The minimum atomic E-state index is -0.545. The topological polar surface area (TPSA) is 80.3 Å². The van der Waals surface area contributed by atoms with Gasteiger partial charge in [0, 0.05) is 13.0 Å². The molecule has 0 bridgehead atoms. The van der Waals surface area contributed by atoms with Crippen molar-refractivity contribution >= 4 is 11.9 Å². The lowest BCUT2D eigenvalue weighted by Gasteiger charge is -2.33. The SMILES string of the molecule is COC(=O)C1=CO[C@@H](OC)[C@@H]2C(COC(=O)c3ccc(OC)cc3)=CC[C@H]12. The average Bonchev–Trinajstić information content (AvgIpc) is 3.15. The molecule has 0 unspecified atom stereocenters. The first-order valence-corrected chi connectivity index (χ1v) is 8.55. The van der Waals surface area contributed by atoms with Gasteiger partial charge in [0.05, 0.1) is 37.5 Å². The summed E-state index contributed by atoms with van der Waals surface area (Å²) >= 11 is 0. The van der Waals surface area contributed by atoms with Gasteiger partial charge in [0.2, 0.25) is 6.29 Å². The normalized spacial score (nSPS) is 23.4. The summed E-state index contributed by atoms with van der Waals surface area (Å²) in [6.45, 7) is 0.101. The van der Waals surface area contributed by atoms with E-state index in [-0.39, 0.29) is 18.4 Å². The number of hydrogen-bond donors (Lipinski definition) is 0. The minimum Gasteiger partial charge on any atom is -0.497 e. The number of esters is 2. The van der Waals surface area contributed by atoms with Crippen LogP contribution in [-0.4, -0.2) is 46.2 Å². The molecular weight excluding hydrogens is 352 g/mol. The fourth-order valence-corrected chi connectivity index (χ4v) is 3.45. The van der Waals surface area contributed by atoms with Crippen molar-refractivity contribution < 1.29 is 33.3 Å². The molecule has 0 radical (unpaired) electrons. The van der Waals surface area contributed by atoms with Crippen molar-refractivity contribution in [3.63, 3.8) is 0 Å². The summed E-state index contributed by atoms with van der Waals surface area (Å²) in [5.74, 6) is -0.526. The van der Waals surface area contributed by atoms with E-state index < -0.39 is 18.2 Å². The van der Waals surface area contributed by atoms with Gasteiger partial charge in [0.15, 0.2) is 0 Å². The van der Waals surface area contributed by atoms with Gasteiger partial charge in [-0.15, -0.1) is 0 Å². The van der Waals surface area contributed by atoms with E-state index in [1.54, 1.807) is 31.4 Å². The summed E-state index contributed by atoms with van der Waals surface area (Å²) in [4.78, 5) is 24.3. The number of fused-ring (bicyclic) bond motifs is 1. The summed E-state index contributed by atoms with van der Waals surface area (Å²) in [5, 5.41) is 0.